The predicted octanol–water partition coefficient (Wildman–Crippen LogP) is 3.74. The van der Waals surface area contributed by atoms with Crippen LogP contribution in [0.25, 0.3) is 0 Å². The Labute approximate surface area is 111 Å². The Balaban J connectivity index is 2.67. The van der Waals surface area contributed by atoms with Gasteiger partial charge in [-0.3, -0.25) is 11.3 Å². The highest BCUT2D eigenvalue weighted by Crippen LogP contribution is 2.25. The van der Waals surface area contributed by atoms with Crippen LogP contribution in [0.5, 0.6) is 0 Å². The van der Waals surface area contributed by atoms with Gasteiger partial charge in [0.1, 0.15) is 17.5 Å². The van der Waals surface area contributed by atoms with E-state index < -0.39 is 23.5 Å². The number of hydrogen-bond acceptors (Lipinski definition) is 2. The molecule has 0 aliphatic carbocycles. The van der Waals surface area contributed by atoms with E-state index in [2.05, 4.69) is 12.0 Å². The number of hydrogen-bond donors (Lipinski definition) is 2. The third-order valence-corrected chi connectivity index (χ3v) is 2.99. The standard InChI is InChI=1S/C14H19F3N2/c1-2-3-4-5-6-7-13(19-18)14-11(16)8-10(15)9-12(14)17/h2,8-9,13,19H,1,3-7,18H2. The molecule has 0 saturated heterocycles. The van der Waals surface area contributed by atoms with E-state index in [1.165, 1.54) is 0 Å². The lowest BCUT2D eigenvalue weighted by atomic mass is 9.99. The number of unbranched alkanes of at least 4 members (excludes halogenated alkanes) is 3. The average molecular weight is 272 g/mol. The Morgan fingerprint density at radius 2 is 1.79 bits per heavy atom. The van der Waals surface area contributed by atoms with Crippen molar-refractivity contribution in [1.29, 1.82) is 0 Å². The molecule has 19 heavy (non-hydrogen) atoms. The maximum absolute atomic E-state index is 13.6. The van der Waals surface area contributed by atoms with Crippen LogP contribution < -0.4 is 11.3 Å². The largest absolute Gasteiger partial charge is 0.271 e. The van der Waals surface area contributed by atoms with Crippen molar-refractivity contribution in [1.82, 2.24) is 5.43 Å². The quantitative estimate of drug-likeness (QED) is 0.327. The molecule has 1 rings (SSSR count). The molecule has 5 heteroatoms. The summed E-state index contributed by atoms with van der Waals surface area (Å²) in [5.41, 5.74) is 2.19. The van der Waals surface area contributed by atoms with Crippen molar-refractivity contribution in [3.63, 3.8) is 0 Å². The molecule has 0 bridgehead atoms. The SMILES string of the molecule is C=CCCCCCC(NN)c1c(F)cc(F)cc1F. The second-order valence-corrected chi connectivity index (χ2v) is 4.43. The molecule has 0 aromatic heterocycles. The van der Waals surface area contributed by atoms with Crippen LogP contribution in [-0.2, 0) is 0 Å². The van der Waals surface area contributed by atoms with Gasteiger partial charge in [-0.25, -0.2) is 13.2 Å². The van der Waals surface area contributed by atoms with Gasteiger partial charge < -0.3 is 0 Å². The van der Waals surface area contributed by atoms with E-state index in [1.54, 1.807) is 0 Å². The summed E-state index contributed by atoms with van der Waals surface area (Å²) in [6.07, 6.45) is 5.92. The monoisotopic (exact) mass is 272 g/mol. The van der Waals surface area contributed by atoms with Gasteiger partial charge >= 0.3 is 0 Å². The minimum Gasteiger partial charge on any atom is -0.271 e. The third kappa shape index (κ3) is 4.69. The van der Waals surface area contributed by atoms with Gasteiger partial charge in [0, 0.05) is 17.7 Å². The van der Waals surface area contributed by atoms with Gasteiger partial charge in [-0.15, -0.1) is 6.58 Å². The number of hydrazine groups is 1. The fraction of sp³-hybridized carbons (Fsp3) is 0.429. The van der Waals surface area contributed by atoms with E-state index in [0.29, 0.717) is 18.6 Å². The van der Waals surface area contributed by atoms with Gasteiger partial charge in [0.15, 0.2) is 0 Å². The van der Waals surface area contributed by atoms with Crippen molar-refractivity contribution in [3.8, 4) is 0 Å². The number of benzene rings is 1. The van der Waals surface area contributed by atoms with Gasteiger partial charge in [0.2, 0.25) is 0 Å². The lowest BCUT2D eigenvalue weighted by Gasteiger charge is -2.17. The zero-order valence-electron chi connectivity index (χ0n) is 10.8. The van der Waals surface area contributed by atoms with Crippen LogP contribution in [-0.4, -0.2) is 0 Å². The number of allylic oxidation sites excluding steroid dienone is 1. The summed E-state index contributed by atoms with van der Waals surface area (Å²) in [5.74, 6) is 2.58. The zero-order chi connectivity index (χ0) is 14.3. The van der Waals surface area contributed by atoms with E-state index in [9.17, 15) is 13.2 Å². The van der Waals surface area contributed by atoms with Gasteiger partial charge in [-0.1, -0.05) is 18.9 Å². The fourth-order valence-electron chi connectivity index (χ4n) is 2.01. The van der Waals surface area contributed by atoms with Crippen LogP contribution >= 0.6 is 0 Å². The molecule has 0 fully saturated rings. The van der Waals surface area contributed by atoms with Crippen molar-refractivity contribution in [3.05, 3.63) is 47.8 Å². The van der Waals surface area contributed by atoms with E-state index >= 15 is 0 Å². The Kier molecular flexibility index (Phi) is 6.59. The molecule has 0 spiro atoms. The van der Waals surface area contributed by atoms with Crippen molar-refractivity contribution < 1.29 is 13.2 Å². The van der Waals surface area contributed by atoms with Crippen molar-refractivity contribution in [2.75, 3.05) is 0 Å². The molecule has 0 heterocycles. The molecule has 2 nitrogen and oxygen atoms in total. The topological polar surface area (TPSA) is 38.0 Å². The van der Waals surface area contributed by atoms with Gasteiger partial charge in [-0.05, 0) is 19.3 Å². The predicted molar refractivity (Wildman–Crippen MR) is 69.7 cm³/mol. The van der Waals surface area contributed by atoms with Crippen LogP contribution in [0, 0.1) is 17.5 Å². The summed E-state index contributed by atoms with van der Waals surface area (Å²) < 4.78 is 40.0. The van der Waals surface area contributed by atoms with E-state index in [-0.39, 0.29) is 5.56 Å². The Hall–Kier alpha value is -1.33. The first-order valence-electron chi connectivity index (χ1n) is 6.31. The van der Waals surface area contributed by atoms with Gasteiger partial charge in [-0.2, -0.15) is 0 Å². The molecule has 1 aromatic rings. The maximum atomic E-state index is 13.6. The highest BCUT2D eigenvalue weighted by atomic mass is 19.1. The van der Waals surface area contributed by atoms with E-state index in [4.69, 9.17) is 5.84 Å². The number of nitrogens with two attached hydrogens (primary N) is 1. The summed E-state index contributed by atoms with van der Waals surface area (Å²) in [6.45, 7) is 3.62. The van der Waals surface area contributed by atoms with E-state index in [1.807, 2.05) is 6.08 Å². The highest BCUT2D eigenvalue weighted by molar-refractivity contribution is 5.24. The first-order valence-corrected chi connectivity index (χ1v) is 6.31. The molecule has 1 aromatic carbocycles. The minimum atomic E-state index is -0.930. The Bertz CT molecular complexity index is 398. The fourth-order valence-corrected chi connectivity index (χ4v) is 2.01. The second-order valence-electron chi connectivity index (χ2n) is 4.43. The van der Waals surface area contributed by atoms with Crippen LogP contribution in [0.3, 0.4) is 0 Å². The van der Waals surface area contributed by atoms with Crippen LogP contribution in [0.1, 0.15) is 43.7 Å². The second kappa shape index (κ2) is 7.96. The van der Waals surface area contributed by atoms with Gasteiger partial charge in [0.05, 0.1) is 6.04 Å². The van der Waals surface area contributed by atoms with Crippen LogP contribution in [0.15, 0.2) is 24.8 Å². The molecular formula is C14H19F3N2. The number of nitrogens with one attached hydrogen (secondary N) is 1. The molecular weight excluding hydrogens is 253 g/mol. The summed E-state index contributed by atoms with van der Waals surface area (Å²) >= 11 is 0. The van der Waals surface area contributed by atoms with Crippen LogP contribution in [0.2, 0.25) is 0 Å². The summed E-state index contributed by atoms with van der Waals surface area (Å²) in [4.78, 5) is 0. The molecule has 1 atom stereocenters. The lowest BCUT2D eigenvalue weighted by molar-refractivity contribution is 0.431. The maximum Gasteiger partial charge on any atom is 0.133 e. The molecule has 3 N–H and O–H groups in total. The molecule has 0 saturated carbocycles. The van der Waals surface area contributed by atoms with E-state index in [0.717, 1.165) is 25.7 Å². The molecule has 1 unspecified atom stereocenters. The summed E-state index contributed by atoms with van der Waals surface area (Å²) in [7, 11) is 0. The zero-order valence-corrected chi connectivity index (χ0v) is 10.8. The first-order chi connectivity index (χ1) is 9.10. The lowest BCUT2D eigenvalue weighted by Crippen LogP contribution is -2.29. The molecule has 0 aliphatic heterocycles. The van der Waals surface area contributed by atoms with Crippen molar-refractivity contribution >= 4 is 0 Å². The Morgan fingerprint density at radius 3 is 2.32 bits per heavy atom. The smallest absolute Gasteiger partial charge is 0.133 e. The summed E-state index contributed by atoms with van der Waals surface area (Å²) in [6, 6.07) is 0.685. The normalized spacial score (nSPS) is 12.4. The summed E-state index contributed by atoms with van der Waals surface area (Å²) in [5, 5.41) is 0. The minimum absolute atomic E-state index is 0.201. The average Bonchev–Trinajstić information content (AvgIpc) is 2.35. The highest BCUT2D eigenvalue weighted by Gasteiger charge is 2.20. The first kappa shape index (κ1) is 15.7. The van der Waals surface area contributed by atoms with Crippen molar-refractivity contribution in [2.45, 2.75) is 38.1 Å². The Morgan fingerprint density at radius 1 is 1.16 bits per heavy atom. The van der Waals surface area contributed by atoms with Gasteiger partial charge in [0.25, 0.3) is 0 Å². The number of halogens is 3. The third-order valence-electron chi connectivity index (χ3n) is 2.99. The van der Waals surface area contributed by atoms with Crippen LogP contribution in [0.4, 0.5) is 13.2 Å². The van der Waals surface area contributed by atoms with Crippen molar-refractivity contribution in [2.24, 2.45) is 5.84 Å². The number of rotatable bonds is 8. The molecule has 0 amide bonds. The molecule has 106 valence electrons. The molecule has 0 radical (unpaired) electrons. The molecule has 0 aliphatic rings.